The highest BCUT2D eigenvalue weighted by Gasteiger charge is 2.30. The maximum atomic E-state index is 11.7. The minimum absolute atomic E-state index is 0.169. The zero-order valence-electron chi connectivity index (χ0n) is 11.5. The zero-order valence-corrected chi connectivity index (χ0v) is 11.5. The van der Waals surface area contributed by atoms with Crippen molar-refractivity contribution in [3.63, 3.8) is 0 Å². The Bertz CT molecular complexity index is 479. The molecule has 0 radical (unpaired) electrons. The van der Waals surface area contributed by atoms with Crippen LogP contribution in [-0.4, -0.2) is 29.6 Å². The van der Waals surface area contributed by atoms with Crippen molar-refractivity contribution in [3.05, 3.63) is 29.8 Å². The Morgan fingerprint density at radius 2 is 2.00 bits per heavy atom. The van der Waals surface area contributed by atoms with Gasteiger partial charge in [-0.25, -0.2) is 4.79 Å². The van der Waals surface area contributed by atoms with Gasteiger partial charge in [-0.3, -0.25) is 4.79 Å². The fraction of sp³-hybridized carbons (Fsp3) is 0.467. The van der Waals surface area contributed by atoms with E-state index in [1.165, 1.54) is 0 Å². The van der Waals surface area contributed by atoms with E-state index in [0.29, 0.717) is 18.1 Å². The number of amides is 1. The van der Waals surface area contributed by atoms with Crippen LogP contribution in [-0.2, 0) is 9.59 Å². The van der Waals surface area contributed by atoms with Crippen LogP contribution < -0.4 is 10.1 Å². The van der Waals surface area contributed by atoms with Gasteiger partial charge in [-0.2, -0.15) is 0 Å². The average Bonchev–Trinajstić information content (AvgIpc) is 3.21. The largest absolute Gasteiger partial charge is 0.484 e. The van der Waals surface area contributed by atoms with Crippen LogP contribution in [0.3, 0.4) is 0 Å². The molecule has 0 heterocycles. The monoisotopic (exact) mass is 277 g/mol. The molecule has 0 bridgehead atoms. The number of ether oxygens (including phenoxy) is 1. The van der Waals surface area contributed by atoms with Gasteiger partial charge in [0.2, 0.25) is 0 Å². The normalized spacial score (nSPS) is 15.4. The maximum absolute atomic E-state index is 11.7. The molecule has 5 heteroatoms. The molecule has 1 atom stereocenters. The topological polar surface area (TPSA) is 75.6 Å². The van der Waals surface area contributed by atoms with Crippen molar-refractivity contribution >= 4 is 11.9 Å². The standard InChI is InChI=1S/C15H19NO4/c1-10-2-6-12(7-3-10)20-9-14(17)16-13(15(18)19)8-11-4-5-11/h2-3,6-7,11,13H,4-5,8-9H2,1H3,(H,16,17)(H,18,19). The number of aliphatic carboxylic acids is 1. The molecule has 1 saturated carbocycles. The fourth-order valence-electron chi connectivity index (χ4n) is 1.93. The number of aryl methyl sites for hydroxylation is 1. The van der Waals surface area contributed by atoms with Crippen molar-refractivity contribution in [1.82, 2.24) is 5.32 Å². The van der Waals surface area contributed by atoms with Gasteiger partial charge in [-0.15, -0.1) is 0 Å². The molecule has 20 heavy (non-hydrogen) atoms. The lowest BCUT2D eigenvalue weighted by molar-refractivity contribution is -0.142. The number of carboxylic acid groups (broad SMARTS) is 1. The highest BCUT2D eigenvalue weighted by atomic mass is 16.5. The Labute approximate surface area is 117 Å². The van der Waals surface area contributed by atoms with Gasteiger partial charge in [0.1, 0.15) is 11.8 Å². The molecule has 1 fully saturated rings. The smallest absolute Gasteiger partial charge is 0.326 e. The molecule has 0 aromatic heterocycles. The number of carbonyl (C=O) groups excluding carboxylic acids is 1. The zero-order chi connectivity index (χ0) is 14.5. The predicted octanol–water partition coefficient (Wildman–Crippen LogP) is 1.74. The van der Waals surface area contributed by atoms with Gasteiger partial charge in [0.05, 0.1) is 0 Å². The van der Waals surface area contributed by atoms with Crippen molar-refractivity contribution in [2.45, 2.75) is 32.2 Å². The van der Waals surface area contributed by atoms with Crippen molar-refractivity contribution in [2.24, 2.45) is 5.92 Å². The molecule has 0 aliphatic heterocycles. The van der Waals surface area contributed by atoms with E-state index in [2.05, 4.69) is 5.32 Å². The Kier molecular flexibility index (Phi) is 4.61. The van der Waals surface area contributed by atoms with Gasteiger partial charge in [0, 0.05) is 0 Å². The number of hydrogen-bond donors (Lipinski definition) is 2. The first-order valence-electron chi connectivity index (χ1n) is 6.76. The molecule has 1 unspecified atom stereocenters. The van der Waals surface area contributed by atoms with Crippen LogP contribution in [0, 0.1) is 12.8 Å². The summed E-state index contributed by atoms with van der Waals surface area (Å²) in [6.07, 6.45) is 2.62. The number of carbonyl (C=O) groups is 2. The lowest BCUT2D eigenvalue weighted by atomic mass is 10.1. The molecule has 0 saturated heterocycles. The second-order valence-electron chi connectivity index (χ2n) is 5.24. The van der Waals surface area contributed by atoms with Gasteiger partial charge in [-0.1, -0.05) is 30.5 Å². The second-order valence-corrected chi connectivity index (χ2v) is 5.24. The summed E-state index contributed by atoms with van der Waals surface area (Å²) in [6, 6.07) is 6.53. The first-order chi connectivity index (χ1) is 9.54. The summed E-state index contributed by atoms with van der Waals surface area (Å²) < 4.78 is 5.32. The van der Waals surface area contributed by atoms with Gasteiger partial charge < -0.3 is 15.2 Å². The third-order valence-electron chi connectivity index (χ3n) is 3.29. The predicted molar refractivity (Wildman–Crippen MR) is 73.6 cm³/mol. The first kappa shape index (κ1) is 14.4. The Morgan fingerprint density at radius 1 is 1.35 bits per heavy atom. The van der Waals surface area contributed by atoms with Gasteiger partial charge in [0.15, 0.2) is 6.61 Å². The Hall–Kier alpha value is -2.04. The number of carboxylic acids is 1. The molecule has 1 aromatic carbocycles. The van der Waals surface area contributed by atoms with E-state index >= 15 is 0 Å². The molecular formula is C15H19NO4. The molecule has 2 rings (SSSR count). The van der Waals surface area contributed by atoms with Gasteiger partial charge in [-0.05, 0) is 31.4 Å². The van der Waals surface area contributed by atoms with Crippen LogP contribution in [0.1, 0.15) is 24.8 Å². The van der Waals surface area contributed by atoms with Crippen molar-refractivity contribution in [3.8, 4) is 5.75 Å². The lowest BCUT2D eigenvalue weighted by Gasteiger charge is -2.14. The van der Waals surface area contributed by atoms with Crippen LogP contribution in [0.4, 0.5) is 0 Å². The molecule has 1 amide bonds. The summed E-state index contributed by atoms with van der Waals surface area (Å²) >= 11 is 0. The maximum Gasteiger partial charge on any atom is 0.326 e. The lowest BCUT2D eigenvalue weighted by Crippen LogP contribution is -2.43. The van der Waals surface area contributed by atoms with E-state index < -0.39 is 17.9 Å². The SMILES string of the molecule is Cc1ccc(OCC(=O)NC(CC2CC2)C(=O)O)cc1. The minimum Gasteiger partial charge on any atom is -0.484 e. The Morgan fingerprint density at radius 3 is 2.55 bits per heavy atom. The molecule has 5 nitrogen and oxygen atoms in total. The molecule has 1 aliphatic rings. The first-order valence-corrected chi connectivity index (χ1v) is 6.76. The Balaban J connectivity index is 1.78. The number of nitrogens with one attached hydrogen (secondary N) is 1. The summed E-state index contributed by atoms with van der Waals surface area (Å²) in [7, 11) is 0. The third-order valence-corrected chi connectivity index (χ3v) is 3.29. The highest BCUT2D eigenvalue weighted by molar-refractivity contribution is 5.84. The van der Waals surface area contributed by atoms with Crippen LogP contribution >= 0.6 is 0 Å². The number of benzene rings is 1. The van der Waals surface area contributed by atoms with Crippen molar-refractivity contribution < 1.29 is 19.4 Å². The third kappa shape index (κ3) is 4.57. The van der Waals surface area contributed by atoms with Crippen molar-refractivity contribution in [1.29, 1.82) is 0 Å². The van der Waals surface area contributed by atoms with Crippen LogP contribution in [0.15, 0.2) is 24.3 Å². The van der Waals surface area contributed by atoms with E-state index in [0.717, 1.165) is 18.4 Å². The minimum atomic E-state index is -0.986. The molecule has 108 valence electrons. The highest BCUT2D eigenvalue weighted by Crippen LogP contribution is 2.33. The van der Waals surface area contributed by atoms with E-state index in [1.54, 1.807) is 12.1 Å². The van der Waals surface area contributed by atoms with Crippen LogP contribution in [0.25, 0.3) is 0 Å². The summed E-state index contributed by atoms with van der Waals surface area (Å²) in [5.41, 5.74) is 1.11. The number of rotatable bonds is 7. The van der Waals surface area contributed by atoms with E-state index in [-0.39, 0.29) is 6.61 Å². The van der Waals surface area contributed by atoms with E-state index in [1.807, 2.05) is 19.1 Å². The van der Waals surface area contributed by atoms with Crippen molar-refractivity contribution in [2.75, 3.05) is 6.61 Å². The molecular weight excluding hydrogens is 258 g/mol. The molecule has 1 aliphatic carbocycles. The van der Waals surface area contributed by atoms with Gasteiger partial charge in [0.25, 0.3) is 5.91 Å². The van der Waals surface area contributed by atoms with Gasteiger partial charge >= 0.3 is 5.97 Å². The summed E-state index contributed by atoms with van der Waals surface area (Å²) in [6.45, 7) is 1.79. The molecule has 2 N–H and O–H groups in total. The average molecular weight is 277 g/mol. The van der Waals surface area contributed by atoms with Crippen LogP contribution in [0.2, 0.25) is 0 Å². The fourth-order valence-corrected chi connectivity index (χ4v) is 1.93. The van der Waals surface area contributed by atoms with Crippen LogP contribution in [0.5, 0.6) is 5.75 Å². The van der Waals surface area contributed by atoms with E-state index in [4.69, 9.17) is 9.84 Å². The molecule has 0 spiro atoms. The summed E-state index contributed by atoms with van der Waals surface area (Å²) in [5, 5.41) is 11.6. The quantitative estimate of drug-likeness (QED) is 0.796. The second kappa shape index (κ2) is 6.41. The summed E-state index contributed by atoms with van der Waals surface area (Å²) in [5.74, 6) is -0.353. The molecule has 1 aromatic rings. The summed E-state index contributed by atoms with van der Waals surface area (Å²) in [4.78, 5) is 22.8. The van der Waals surface area contributed by atoms with E-state index in [9.17, 15) is 9.59 Å². The number of hydrogen-bond acceptors (Lipinski definition) is 3.